The molecule has 0 radical (unpaired) electrons. The van der Waals surface area contributed by atoms with E-state index in [4.69, 9.17) is 10.8 Å². The van der Waals surface area contributed by atoms with Crippen LogP contribution in [0.2, 0.25) is 0 Å². The van der Waals surface area contributed by atoms with Gasteiger partial charge in [-0.25, -0.2) is 13.2 Å². The Hall–Kier alpha value is -2.55. The van der Waals surface area contributed by atoms with Gasteiger partial charge < -0.3 is 10.8 Å². The van der Waals surface area contributed by atoms with E-state index in [0.29, 0.717) is 6.07 Å². The molecular formula is C19H17F6NO2. The number of halogens is 6. The number of hydrogen-bond donors (Lipinski definition) is 2. The summed E-state index contributed by atoms with van der Waals surface area (Å²) in [6, 6.07) is -0.514. The van der Waals surface area contributed by atoms with E-state index in [2.05, 4.69) is 0 Å². The van der Waals surface area contributed by atoms with Gasteiger partial charge in [-0.2, -0.15) is 13.2 Å². The third kappa shape index (κ3) is 3.84. The number of carboxylic acids is 1. The highest BCUT2D eigenvalue weighted by Gasteiger charge is 2.39. The van der Waals surface area contributed by atoms with Gasteiger partial charge in [-0.15, -0.1) is 0 Å². The molecule has 0 aliphatic heterocycles. The summed E-state index contributed by atoms with van der Waals surface area (Å²) in [5.41, 5.74) is 2.29. The molecule has 0 saturated carbocycles. The fourth-order valence-electron chi connectivity index (χ4n) is 3.11. The molecule has 3 nitrogen and oxygen atoms in total. The summed E-state index contributed by atoms with van der Waals surface area (Å²) < 4.78 is 83.5. The Morgan fingerprint density at radius 2 is 1.64 bits per heavy atom. The second kappa shape index (κ2) is 7.46. The minimum atomic E-state index is -5.18. The highest BCUT2D eigenvalue weighted by Crippen LogP contribution is 2.42. The molecule has 2 aromatic rings. The molecule has 28 heavy (non-hydrogen) atoms. The Kier molecular flexibility index (Phi) is 5.79. The lowest BCUT2D eigenvalue weighted by atomic mass is 9.88. The number of benzene rings is 2. The summed E-state index contributed by atoms with van der Waals surface area (Å²) in [6.45, 7) is 4.14. The number of aryl methyl sites for hydroxylation is 1. The summed E-state index contributed by atoms with van der Waals surface area (Å²) in [5.74, 6) is -5.52. The van der Waals surface area contributed by atoms with Crippen LogP contribution < -0.4 is 5.73 Å². The third-order valence-electron chi connectivity index (χ3n) is 4.61. The standard InChI is InChI=1S/C19H17F6NO2/c1-7-4-12(20)8(2)9(3)15(7)10-5-11(19(23,24)25)18(22)16(17(10)21)13(26)6-14(27)28/h4-5,13H,6,26H2,1-3H3,(H,27,28). The highest BCUT2D eigenvalue weighted by molar-refractivity contribution is 5.75. The average Bonchev–Trinajstić information content (AvgIpc) is 2.53. The van der Waals surface area contributed by atoms with Crippen LogP contribution in [0, 0.1) is 38.2 Å². The normalized spacial score (nSPS) is 12.9. The summed E-state index contributed by atoms with van der Waals surface area (Å²) >= 11 is 0. The van der Waals surface area contributed by atoms with Crippen LogP contribution in [-0.4, -0.2) is 11.1 Å². The maximum Gasteiger partial charge on any atom is 0.419 e. The monoisotopic (exact) mass is 405 g/mol. The van der Waals surface area contributed by atoms with Crippen molar-refractivity contribution in [3.8, 4) is 11.1 Å². The van der Waals surface area contributed by atoms with E-state index < -0.39 is 58.8 Å². The van der Waals surface area contributed by atoms with Gasteiger partial charge in [-0.1, -0.05) is 0 Å². The van der Waals surface area contributed by atoms with Gasteiger partial charge in [0, 0.05) is 17.2 Å². The first-order valence-electron chi connectivity index (χ1n) is 8.10. The fourth-order valence-corrected chi connectivity index (χ4v) is 3.11. The van der Waals surface area contributed by atoms with E-state index in [1.807, 2.05) is 0 Å². The Balaban J connectivity index is 2.94. The van der Waals surface area contributed by atoms with E-state index in [9.17, 15) is 26.7 Å². The first-order valence-corrected chi connectivity index (χ1v) is 8.10. The SMILES string of the molecule is Cc1cc(F)c(C)c(C)c1-c1cc(C(F)(F)F)c(F)c(C(N)CC(=O)O)c1F. The molecule has 2 aromatic carbocycles. The van der Waals surface area contributed by atoms with E-state index in [-0.39, 0.29) is 22.3 Å². The molecule has 0 fully saturated rings. The predicted molar refractivity (Wildman–Crippen MR) is 90.1 cm³/mol. The average molecular weight is 405 g/mol. The topological polar surface area (TPSA) is 63.3 Å². The van der Waals surface area contributed by atoms with Crippen molar-refractivity contribution in [2.45, 2.75) is 39.4 Å². The van der Waals surface area contributed by atoms with Crippen LogP contribution in [-0.2, 0) is 11.0 Å². The number of hydrogen-bond acceptors (Lipinski definition) is 2. The van der Waals surface area contributed by atoms with Crippen molar-refractivity contribution < 1.29 is 36.2 Å². The molecule has 0 bridgehead atoms. The number of nitrogens with two attached hydrogens (primary N) is 1. The first-order chi connectivity index (χ1) is 12.8. The van der Waals surface area contributed by atoms with Gasteiger partial charge in [0.1, 0.15) is 17.5 Å². The van der Waals surface area contributed by atoms with Crippen LogP contribution in [0.4, 0.5) is 26.3 Å². The molecule has 9 heteroatoms. The number of alkyl halides is 3. The zero-order valence-electron chi connectivity index (χ0n) is 15.1. The van der Waals surface area contributed by atoms with Crippen molar-refractivity contribution in [3.05, 3.63) is 57.4 Å². The smallest absolute Gasteiger partial charge is 0.419 e. The predicted octanol–water partition coefficient (Wildman–Crippen LogP) is 5.19. The zero-order chi connectivity index (χ0) is 21.5. The quantitative estimate of drug-likeness (QED) is 0.689. The van der Waals surface area contributed by atoms with E-state index in [1.54, 1.807) is 0 Å². The van der Waals surface area contributed by atoms with Gasteiger partial charge in [-0.05, 0) is 55.2 Å². The van der Waals surface area contributed by atoms with Crippen molar-refractivity contribution in [1.82, 2.24) is 0 Å². The van der Waals surface area contributed by atoms with Crippen LogP contribution in [0.15, 0.2) is 12.1 Å². The van der Waals surface area contributed by atoms with Crippen molar-refractivity contribution in [2.75, 3.05) is 0 Å². The largest absolute Gasteiger partial charge is 0.481 e. The molecule has 0 saturated heterocycles. The Bertz CT molecular complexity index is 953. The highest BCUT2D eigenvalue weighted by atomic mass is 19.4. The van der Waals surface area contributed by atoms with E-state index >= 15 is 4.39 Å². The molecule has 2 rings (SSSR count). The second-order valence-corrected chi connectivity index (χ2v) is 6.52. The van der Waals surface area contributed by atoms with Crippen LogP contribution in [0.5, 0.6) is 0 Å². The van der Waals surface area contributed by atoms with Crippen LogP contribution >= 0.6 is 0 Å². The molecule has 3 N–H and O–H groups in total. The molecule has 0 spiro atoms. The molecule has 0 aliphatic carbocycles. The Morgan fingerprint density at radius 3 is 2.14 bits per heavy atom. The molecular weight excluding hydrogens is 388 g/mol. The molecule has 0 amide bonds. The van der Waals surface area contributed by atoms with Gasteiger partial charge in [0.05, 0.1) is 12.0 Å². The summed E-state index contributed by atoms with van der Waals surface area (Å²) in [7, 11) is 0. The Labute approximate surface area is 156 Å². The lowest BCUT2D eigenvalue weighted by molar-refractivity contribution is -0.140. The molecule has 0 aliphatic rings. The number of carboxylic acid groups (broad SMARTS) is 1. The van der Waals surface area contributed by atoms with Crippen LogP contribution in [0.1, 0.15) is 40.3 Å². The van der Waals surface area contributed by atoms with Gasteiger partial charge in [0.15, 0.2) is 0 Å². The third-order valence-corrected chi connectivity index (χ3v) is 4.61. The molecule has 0 heterocycles. The zero-order valence-corrected chi connectivity index (χ0v) is 15.1. The molecule has 1 atom stereocenters. The van der Waals surface area contributed by atoms with E-state index in [1.165, 1.54) is 20.8 Å². The van der Waals surface area contributed by atoms with Crippen LogP contribution in [0.3, 0.4) is 0 Å². The first kappa shape index (κ1) is 21.7. The molecule has 152 valence electrons. The summed E-state index contributed by atoms with van der Waals surface area (Å²) in [6.07, 6.45) is -6.16. The molecule has 1 unspecified atom stereocenters. The van der Waals surface area contributed by atoms with Crippen molar-refractivity contribution in [2.24, 2.45) is 5.73 Å². The van der Waals surface area contributed by atoms with Crippen LogP contribution in [0.25, 0.3) is 11.1 Å². The Morgan fingerprint density at radius 1 is 1.07 bits per heavy atom. The van der Waals surface area contributed by atoms with Gasteiger partial charge in [0.25, 0.3) is 0 Å². The number of carbonyl (C=O) groups is 1. The van der Waals surface area contributed by atoms with Crippen molar-refractivity contribution in [1.29, 1.82) is 0 Å². The lowest BCUT2D eigenvalue weighted by Crippen LogP contribution is -2.21. The van der Waals surface area contributed by atoms with Crippen molar-refractivity contribution >= 4 is 5.97 Å². The van der Waals surface area contributed by atoms with E-state index in [0.717, 1.165) is 6.07 Å². The van der Waals surface area contributed by atoms with Crippen molar-refractivity contribution in [3.63, 3.8) is 0 Å². The van der Waals surface area contributed by atoms with Gasteiger partial charge in [-0.3, -0.25) is 4.79 Å². The van der Waals surface area contributed by atoms with Gasteiger partial charge in [0.2, 0.25) is 0 Å². The number of rotatable bonds is 4. The minimum absolute atomic E-state index is 0.0364. The second-order valence-electron chi connectivity index (χ2n) is 6.52. The lowest BCUT2D eigenvalue weighted by Gasteiger charge is -2.21. The maximum atomic E-state index is 15.1. The fraction of sp³-hybridized carbons (Fsp3) is 0.316. The molecule has 0 aromatic heterocycles. The summed E-state index contributed by atoms with van der Waals surface area (Å²) in [4.78, 5) is 10.8. The number of aliphatic carboxylic acids is 1. The summed E-state index contributed by atoms with van der Waals surface area (Å²) in [5, 5.41) is 8.81. The van der Waals surface area contributed by atoms with Gasteiger partial charge >= 0.3 is 12.1 Å². The maximum absolute atomic E-state index is 15.1. The minimum Gasteiger partial charge on any atom is -0.481 e.